The van der Waals surface area contributed by atoms with Crippen molar-refractivity contribution < 1.29 is 9.13 Å². The second-order valence-electron chi connectivity index (χ2n) is 7.93. The lowest BCUT2D eigenvalue weighted by Gasteiger charge is -2.48. The summed E-state index contributed by atoms with van der Waals surface area (Å²) in [6, 6.07) is 3.64. The quantitative estimate of drug-likeness (QED) is 0.865. The molecule has 0 saturated carbocycles. The highest BCUT2D eigenvalue weighted by molar-refractivity contribution is 5.72. The van der Waals surface area contributed by atoms with Crippen molar-refractivity contribution >= 4 is 5.69 Å². The summed E-state index contributed by atoms with van der Waals surface area (Å²) >= 11 is 0. The molecule has 2 aliphatic rings. The standard InChI is InChI=1S/C19H24FN3O/c1-11-16(23(5)10-21-11)12-8-13-15(9-14(12)20)22-18(2,3)17-19(13,4)6-7-24-17/h8-10,17,22H,6-7H2,1-5H3. The van der Waals surface area contributed by atoms with Crippen LogP contribution < -0.4 is 5.32 Å². The molecule has 0 spiro atoms. The first-order valence-electron chi connectivity index (χ1n) is 8.46. The lowest BCUT2D eigenvalue weighted by Crippen LogP contribution is -2.56. The molecule has 4 rings (SSSR count). The maximum absolute atomic E-state index is 14.9. The van der Waals surface area contributed by atoms with Gasteiger partial charge in [0.05, 0.1) is 29.4 Å². The van der Waals surface area contributed by atoms with Crippen molar-refractivity contribution in [1.82, 2.24) is 9.55 Å². The Morgan fingerprint density at radius 2 is 2.08 bits per heavy atom. The minimum atomic E-state index is -0.228. The van der Waals surface area contributed by atoms with Crippen LogP contribution in [0.2, 0.25) is 0 Å². The van der Waals surface area contributed by atoms with E-state index >= 15 is 0 Å². The Kier molecular flexibility index (Phi) is 3.14. The van der Waals surface area contributed by atoms with E-state index in [1.807, 2.05) is 24.6 Å². The van der Waals surface area contributed by atoms with E-state index in [1.165, 1.54) is 0 Å². The summed E-state index contributed by atoms with van der Waals surface area (Å²) in [4.78, 5) is 4.31. The Morgan fingerprint density at radius 3 is 2.75 bits per heavy atom. The number of nitrogens with zero attached hydrogens (tertiary/aromatic N) is 2. The summed E-state index contributed by atoms with van der Waals surface area (Å²) in [6.45, 7) is 9.15. The zero-order valence-corrected chi connectivity index (χ0v) is 14.9. The van der Waals surface area contributed by atoms with Gasteiger partial charge in [0.25, 0.3) is 0 Å². The topological polar surface area (TPSA) is 39.1 Å². The van der Waals surface area contributed by atoms with Crippen molar-refractivity contribution in [3.8, 4) is 11.3 Å². The average molecular weight is 329 g/mol. The largest absolute Gasteiger partial charge is 0.377 e. The van der Waals surface area contributed by atoms with Crippen LogP contribution in [0.15, 0.2) is 18.5 Å². The summed E-state index contributed by atoms with van der Waals surface area (Å²) in [5, 5.41) is 3.49. The molecule has 2 aromatic rings. The van der Waals surface area contributed by atoms with Gasteiger partial charge in [-0.15, -0.1) is 0 Å². The van der Waals surface area contributed by atoms with Crippen LogP contribution in [0.3, 0.4) is 0 Å². The van der Waals surface area contributed by atoms with E-state index in [0.29, 0.717) is 5.56 Å². The highest BCUT2D eigenvalue weighted by atomic mass is 19.1. The van der Waals surface area contributed by atoms with Crippen LogP contribution in [0.4, 0.5) is 10.1 Å². The summed E-state index contributed by atoms with van der Waals surface area (Å²) < 4.78 is 22.9. The van der Waals surface area contributed by atoms with E-state index in [-0.39, 0.29) is 22.9 Å². The summed E-state index contributed by atoms with van der Waals surface area (Å²) in [7, 11) is 1.90. The van der Waals surface area contributed by atoms with Gasteiger partial charge in [0.15, 0.2) is 0 Å². The van der Waals surface area contributed by atoms with Gasteiger partial charge in [-0.2, -0.15) is 0 Å². The molecule has 2 aliphatic heterocycles. The van der Waals surface area contributed by atoms with Crippen molar-refractivity contribution in [2.45, 2.75) is 51.2 Å². The number of nitrogens with one attached hydrogen (secondary N) is 1. The number of ether oxygens (including phenoxy) is 1. The third-order valence-electron chi connectivity index (χ3n) is 5.69. The Labute approximate surface area is 142 Å². The Morgan fingerprint density at radius 1 is 1.33 bits per heavy atom. The molecule has 1 fully saturated rings. The van der Waals surface area contributed by atoms with Crippen molar-refractivity contribution in [3.05, 3.63) is 35.5 Å². The van der Waals surface area contributed by atoms with Crippen molar-refractivity contribution in [2.24, 2.45) is 7.05 Å². The van der Waals surface area contributed by atoms with E-state index in [0.717, 1.165) is 35.7 Å². The van der Waals surface area contributed by atoms with Crippen LogP contribution >= 0.6 is 0 Å². The maximum Gasteiger partial charge on any atom is 0.134 e. The molecule has 0 radical (unpaired) electrons. The predicted octanol–water partition coefficient (Wildman–Crippen LogP) is 3.79. The highest BCUT2D eigenvalue weighted by Crippen LogP contribution is 2.51. The van der Waals surface area contributed by atoms with Gasteiger partial charge in [0.2, 0.25) is 0 Å². The number of benzene rings is 1. The molecule has 1 N–H and O–H groups in total. The van der Waals surface area contributed by atoms with E-state index in [4.69, 9.17) is 4.74 Å². The Bertz CT molecular complexity index is 807. The lowest BCUT2D eigenvalue weighted by molar-refractivity contribution is 0.0352. The molecule has 1 saturated heterocycles. The van der Waals surface area contributed by atoms with Gasteiger partial charge in [0, 0.05) is 30.3 Å². The summed E-state index contributed by atoms with van der Waals surface area (Å²) in [5.74, 6) is -0.218. The number of halogens is 1. The number of fused-ring (bicyclic) bond motifs is 3. The second kappa shape index (κ2) is 4.82. The summed E-state index contributed by atoms with van der Waals surface area (Å²) in [5.41, 5.74) is 3.96. The fourth-order valence-electron chi connectivity index (χ4n) is 4.66. The van der Waals surface area contributed by atoms with Gasteiger partial charge in [-0.05, 0) is 44.9 Å². The summed E-state index contributed by atoms with van der Waals surface area (Å²) in [6.07, 6.45) is 2.75. The second-order valence-corrected chi connectivity index (χ2v) is 7.93. The molecule has 128 valence electrons. The highest BCUT2D eigenvalue weighted by Gasteiger charge is 2.53. The first kappa shape index (κ1) is 15.6. The zero-order valence-electron chi connectivity index (χ0n) is 14.9. The van der Waals surface area contributed by atoms with Crippen molar-refractivity contribution in [1.29, 1.82) is 0 Å². The maximum atomic E-state index is 14.9. The van der Waals surface area contributed by atoms with Gasteiger partial charge in [0.1, 0.15) is 5.82 Å². The molecule has 4 nitrogen and oxygen atoms in total. The molecule has 0 aliphatic carbocycles. The smallest absolute Gasteiger partial charge is 0.134 e. The number of hydrogen-bond acceptors (Lipinski definition) is 3. The molecule has 2 atom stereocenters. The van der Waals surface area contributed by atoms with Crippen LogP contribution in [-0.2, 0) is 17.2 Å². The van der Waals surface area contributed by atoms with Crippen molar-refractivity contribution in [3.63, 3.8) is 0 Å². The number of hydrogen-bond donors (Lipinski definition) is 1. The third kappa shape index (κ3) is 1.97. The molecule has 1 aromatic carbocycles. The minimum Gasteiger partial charge on any atom is -0.377 e. The SMILES string of the molecule is Cc1ncn(C)c1-c1cc2c(cc1F)NC(C)(C)C1OCCC21C. The molecular weight excluding hydrogens is 305 g/mol. The molecule has 5 heteroatoms. The first-order valence-corrected chi connectivity index (χ1v) is 8.46. The van der Waals surface area contributed by atoms with Gasteiger partial charge >= 0.3 is 0 Å². The lowest BCUT2D eigenvalue weighted by atomic mass is 9.67. The van der Waals surface area contributed by atoms with Crippen LogP contribution in [0.1, 0.15) is 38.4 Å². The monoisotopic (exact) mass is 329 g/mol. The van der Waals surface area contributed by atoms with Crippen LogP contribution in [0.25, 0.3) is 11.3 Å². The van der Waals surface area contributed by atoms with Crippen LogP contribution in [0, 0.1) is 12.7 Å². The first-order chi connectivity index (χ1) is 11.2. The van der Waals surface area contributed by atoms with Gasteiger partial charge in [-0.3, -0.25) is 0 Å². The molecule has 3 heterocycles. The molecule has 0 amide bonds. The number of aryl methyl sites for hydroxylation is 2. The molecule has 0 bridgehead atoms. The predicted molar refractivity (Wildman–Crippen MR) is 92.7 cm³/mol. The van der Waals surface area contributed by atoms with Crippen LogP contribution in [0.5, 0.6) is 0 Å². The average Bonchev–Trinajstić information content (AvgIpc) is 3.04. The normalized spacial score (nSPS) is 27.5. The number of aromatic nitrogens is 2. The molecule has 1 aromatic heterocycles. The molecule has 2 unspecified atom stereocenters. The van der Waals surface area contributed by atoms with Crippen LogP contribution in [-0.4, -0.2) is 27.8 Å². The van der Waals surface area contributed by atoms with E-state index < -0.39 is 0 Å². The van der Waals surface area contributed by atoms with E-state index in [2.05, 4.69) is 31.1 Å². The van der Waals surface area contributed by atoms with Crippen molar-refractivity contribution in [2.75, 3.05) is 11.9 Å². The fourth-order valence-corrected chi connectivity index (χ4v) is 4.66. The van der Waals surface area contributed by atoms with Gasteiger partial charge in [-0.1, -0.05) is 6.92 Å². The zero-order chi connectivity index (χ0) is 17.3. The van der Waals surface area contributed by atoms with E-state index in [1.54, 1.807) is 12.4 Å². The molecular formula is C19H24FN3O. The number of imidazole rings is 1. The number of anilines is 1. The number of rotatable bonds is 1. The van der Waals surface area contributed by atoms with Gasteiger partial charge < -0.3 is 14.6 Å². The Hall–Kier alpha value is -1.88. The third-order valence-corrected chi connectivity index (χ3v) is 5.69. The molecule has 24 heavy (non-hydrogen) atoms. The van der Waals surface area contributed by atoms with Gasteiger partial charge in [-0.25, -0.2) is 9.37 Å². The fraction of sp³-hybridized carbons (Fsp3) is 0.526. The van der Waals surface area contributed by atoms with E-state index in [9.17, 15) is 4.39 Å². The minimum absolute atomic E-state index is 0.0726. The Balaban J connectivity index is 1.95.